The molecule has 1 rings (SSSR count). The highest BCUT2D eigenvalue weighted by Gasteiger charge is 2.20. The third-order valence-corrected chi connectivity index (χ3v) is 2.39. The standard InChI is InChI=1S/C12H16N2O3/c1-3-4-6-9(12(16)17)13-11(15)10-7-5-8-14(10)2/h3-5,7-9H,6H2,1-2H3,(H,13,15)(H,16,17)/b4-3+. The summed E-state index contributed by atoms with van der Waals surface area (Å²) >= 11 is 0. The van der Waals surface area contributed by atoms with Gasteiger partial charge in [-0.15, -0.1) is 0 Å². The lowest BCUT2D eigenvalue weighted by atomic mass is 10.2. The minimum absolute atomic E-state index is 0.280. The highest BCUT2D eigenvalue weighted by Crippen LogP contribution is 2.02. The van der Waals surface area contributed by atoms with Gasteiger partial charge >= 0.3 is 5.97 Å². The van der Waals surface area contributed by atoms with Crippen LogP contribution in [0.1, 0.15) is 23.8 Å². The number of carbonyl (C=O) groups excluding carboxylic acids is 1. The topological polar surface area (TPSA) is 71.3 Å². The maximum atomic E-state index is 11.8. The molecule has 0 aliphatic heterocycles. The number of amides is 1. The maximum absolute atomic E-state index is 11.8. The van der Waals surface area contributed by atoms with E-state index in [0.717, 1.165) is 0 Å². The molecule has 0 fully saturated rings. The molecule has 0 saturated carbocycles. The molecule has 17 heavy (non-hydrogen) atoms. The molecular formula is C12H16N2O3. The highest BCUT2D eigenvalue weighted by atomic mass is 16.4. The van der Waals surface area contributed by atoms with Crippen molar-refractivity contribution in [2.45, 2.75) is 19.4 Å². The van der Waals surface area contributed by atoms with Gasteiger partial charge in [0.15, 0.2) is 0 Å². The summed E-state index contributed by atoms with van der Waals surface area (Å²) in [5.74, 6) is -1.42. The van der Waals surface area contributed by atoms with Gasteiger partial charge in [0.2, 0.25) is 0 Å². The number of carbonyl (C=O) groups is 2. The fourth-order valence-corrected chi connectivity index (χ4v) is 1.42. The first-order chi connectivity index (χ1) is 8.06. The molecule has 1 atom stereocenters. The van der Waals surface area contributed by atoms with Gasteiger partial charge in [0.1, 0.15) is 11.7 Å². The third-order valence-electron chi connectivity index (χ3n) is 2.39. The average molecular weight is 236 g/mol. The Morgan fingerprint density at radius 3 is 2.76 bits per heavy atom. The van der Waals surface area contributed by atoms with Crippen molar-refractivity contribution in [3.05, 3.63) is 36.2 Å². The molecule has 1 aromatic rings. The fraction of sp³-hybridized carbons (Fsp3) is 0.333. The van der Waals surface area contributed by atoms with Crippen molar-refractivity contribution >= 4 is 11.9 Å². The molecule has 0 aliphatic rings. The second-order valence-electron chi connectivity index (χ2n) is 3.67. The van der Waals surface area contributed by atoms with Crippen LogP contribution in [0.4, 0.5) is 0 Å². The molecular weight excluding hydrogens is 220 g/mol. The first kappa shape index (κ1) is 13.0. The minimum atomic E-state index is -1.04. The minimum Gasteiger partial charge on any atom is -0.480 e. The van der Waals surface area contributed by atoms with Crippen molar-refractivity contribution in [2.24, 2.45) is 7.05 Å². The van der Waals surface area contributed by atoms with E-state index in [1.54, 1.807) is 49.0 Å². The Hall–Kier alpha value is -2.04. The zero-order chi connectivity index (χ0) is 12.8. The number of aliphatic carboxylic acids is 1. The van der Waals surface area contributed by atoms with Crippen molar-refractivity contribution in [3.63, 3.8) is 0 Å². The van der Waals surface area contributed by atoms with Crippen LogP contribution in [0.3, 0.4) is 0 Å². The summed E-state index contributed by atoms with van der Waals surface area (Å²) in [4.78, 5) is 22.7. The SMILES string of the molecule is C/C=C/CC(NC(=O)c1cccn1C)C(=O)O. The maximum Gasteiger partial charge on any atom is 0.326 e. The summed E-state index contributed by atoms with van der Waals surface area (Å²) < 4.78 is 1.64. The van der Waals surface area contributed by atoms with Gasteiger partial charge in [-0.05, 0) is 25.5 Å². The molecule has 1 aromatic heterocycles. The van der Waals surface area contributed by atoms with Crippen LogP contribution in [-0.2, 0) is 11.8 Å². The smallest absolute Gasteiger partial charge is 0.326 e. The highest BCUT2D eigenvalue weighted by molar-refractivity contribution is 5.95. The molecule has 1 unspecified atom stereocenters. The molecule has 1 amide bonds. The van der Waals surface area contributed by atoms with Crippen LogP contribution in [0, 0.1) is 0 Å². The summed E-state index contributed by atoms with van der Waals surface area (Å²) in [5.41, 5.74) is 0.441. The van der Waals surface area contributed by atoms with Crippen molar-refractivity contribution in [1.82, 2.24) is 9.88 Å². The van der Waals surface area contributed by atoms with Crippen LogP contribution in [0.25, 0.3) is 0 Å². The molecule has 0 bridgehead atoms. The number of hydrogen-bond acceptors (Lipinski definition) is 2. The predicted molar refractivity (Wildman–Crippen MR) is 63.7 cm³/mol. The van der Waals surface area contributed by atoms with Gasteiger partial charge in [-0.2, -0.15) is 0 Å². The molecule has 0 spiro atoms. The van der Waals surface area contributed by atoms with Gasteiger partial charge in [0.05, 0.1) is 0 Å². The van der Waals surface area contributed by atoms with Gasteiger partial charge in [-0.25, -0.2) is 4.79 Å². The van der Waals surface area contributed by atoms with Crippen molar-refractivity contribution in [1.29, 1.82) is 0 Å². The number of carboxylic acid groups (broad SMARTS) is 1. The molecule has 0 aliphatic carbocycles. The first-order valence-corrected chi connectivity index (χ1v) is 5.32. The van der Waals surface area contributed by atoms with E-state index in [2.05, 4.69) is 5.32 Å². The van der Waals surface area contributed by atoms with Gasteiger partial charge in [0, 0.05) is 13.2 Å². The average Bonchev–Trinajstić information content (AvgIpc) is 2.70. The summed E-state index contributed by atoms with van der Waals surface area (Å²) in [7, 11) is 1.73. The normalized spacial score (nSPS) is 12.6. The number of allylic oxidation sites excluding steroid dienone is 1. The molecule has 0 radical (unpaired) electrons. The van der Waals surface area contributed by atoms with Crippen LogP contribution >= 0.6 is 0 Å². The second kappa shape index (κ2) is 5.89. The van der Waals surface area contributed by atoms with E-state index in [0.29, 0.717) is 5.69 Å². The van der Waals surface area contributed by atoms with E-state index in [4.69, 9.17) is 5.11 Å². The summed E-state index contributed by atoms with van der Waals surface area (Å²) in [6.07, 6.45) is 5.48. The molecule has 0 saturated heterocycles. The van der Waals surface area contributed by atoms with Crippen LogP contribution in [0.5, 0.6) is 0 Å². The van der Waals surface area contributed by atoms with E-state index in [9.17, 15) is 9.59 Å². The van der Waals surface area contributed by atoms with E-state index < -0.39 is 12.0 Å². The van der Waals surface area contributed by atoms with Crippen molar-refractivity contribution in [3.8, 4) is 0 Å². The van der Waals surface area contributed by atoms with Gasteiger partial charge in [0.25, 0.3) is 5.91 Å². The van der Waals surface area contributed by atoms with Crippen molar-refractivity contribution in [2.75, 3.05) is 0 Å². The quantitative estimate of drug-likeness (QED) is 0.754. The van der Waals surface area contributed by atoms with E-state index in [1.165, 1.54) is 0 Å². The Morgan fingerprint density at radius 1 is 1.59 bits per heavy atom. The molecule has 92 valence electrons. The van der Waals surface area contributed by atoms with E-state index in [-0.39, 0.29) is 12.3 Å². The Labute approximate surface area is 99.7 Å². The molecule has 0 aromatic carbocycles. The predicted octanol–water partition coefficient (Wildman–Crippen LogP) is 1.17. The molecule has 2 N–H and O–H groups in total. The number of nitrogens with one attached hydrogen (secondary N) is 1. The van der Waals surface area contributed by atoms with E-state index in [1.807, 2.05) is 0 Å². The number of aryl methyl sites for hydroxylation is 1. The Morgan fingerprint density at radius 2 is 2.29 bits per heavy atom. The van der Waals surface area contributed by atoms with Crippen LogP contribution < -0.4 is 5.32 Å². The molecule has 5 nitrogen and oxygen atoms in total. The number of carboxylic acids is 1. The molecule has 5 heteroatoms. The van der Waals surface area contributed by atoms with Gasteiger partial charge in [-0.1, -0.05) is 12.2 Å². The largest absolute Gasteiger partial charge is 0.480 e. The number of aromatic nitrogens is 1. The Balaban J connectivity index is 2.71. The van der Waals surface area contributed by atoms with Gasteiger partial charge < -0.3 is 15.0 Å². The lowest BCUT2D eigenvalue weighted by Gasteiger charge is -2.12. The number of nitrogens with zero attached hydrogens (tertiary/aromatic N) is 1. The number of hydrogen-bond donors (Lipinski definition) is 2. The molecule has 1 heterocycles. The first-order valence-electron chi connectivity index (χ1n) is 5.32. The Bertz CT molecular complexity index is 435. The van der Waals surface area contributed by atoms with E-state index >= 15 is 0 Å². The lowest BCUT2D eigenvalue weighted by Crippen LogP contribution is -2.41. The van der Waals surface area contributed by atoms with Crippen LogP contribution in [0.2, 0.25) is 0 Å². The van der Waals surface area contributed by atoms with Crippen LogP contribution in [0.15, 0.2) is 30.5 Å². The summed E-state index contributed by atoms with van der Waals surface area (Å²) in [6, 6.07) is 2.48. The fourth-order valence-electron chi connectivity index (χ4n) is 1.42. The second-order valence-corrected chi connectivity index (χ2v) is 3.67. The van der Waals surface area contributed by atoms with Gasteiger partial charge in [-0.3, -0.25) is 4.79 Å². The van der Waals surface area contributed by atoms with Crippen molar-refractivity contribution < 1.29 is 14.7 Å². The summed E-state index contributed by atoms with van der Waals surface area (Å²) in [5, 5.41) is 11.4. The Kier molecular flexibility index (Phi) is 4.51. The zero-order valence-corrected chi connectivity index (χ0v) is 9.88. The third kappa shape index (κ3) is 3.48. The summed E-state index contributed by atoms with van der Waals surface area (Å²) in [6.45, 7) is 1.80. The zero-order valence-electron chi connectivity index (χ0n) is 9.88. The van der Waals surface area contributed by atoms with Crippen LogP contribution in [-0.4, -0.2) is 27.6 Å². The lowest BCUT2D eigenvalue weighted by molar-refractivity contribution is -0.139. The number of rotatable bonds is 5. The monoisotopic (exact) mass is 236 g/mol.